The van der Waals surface area contributed by atoms with Crippen LogP contribution >= 0.6 is 0 Å². The van der Waals surface area contributed by atoms with E-state index in [0.717, 1.165) is 13.0 Å². The summed E-state index contributed by atoms with van der Waals surface area (Å²) >= 11 is 0. The number of rotatable bonds is 10. The first-order valence-electron chi connectivity index (χ1n) is 7.55. The molecule has 5 heteroatoms. The molecule has 5 nitrogen and oxygen atoms in total. The van der Waals surface area contributed by atoms with Gasteiger partial charge >= 0.3 is 0 Å². The van der Waals surface area contributed by atoms with Gasteiger partial charge in [0, 0.05) is 38.0 Å². The molecule has 20 heavy (non-hydrogen) atoms. The van der Waals surface area contributed by atoms with Gasteiger partial charge in [0.25, 0.3) is 0 Å². The summed E-state index contributed by atoms with van der Waals surface area (Å²) in [5, 5.41) is 8.92. The van der Waals surface area contributed by atoms with E-state index in [1.165, 1.54) is 0 Å². The lowest BCUT2D eigenvalue weighted by atomic mass is 9.83. The van der Waals surface area contributed by atoms with Crippen molar-refractivity contribution in [1.29, 1.82) is 0 Å². The molecule has 0 saturated heterocycles. The Morgan fingerprint density at radius 2 is 1.55 bits per heavy atom. The average molecular weight is 285 g/mol. The van der Waals surface area contributed by atoms with Crippen LogP contribution in [-0.2, 0) is 9.59 Å². The van der Waals surface area contributed by atoms with Gasteiger partial charge in [-0.3, -0.25) is 9.59 Å². The fourth-order valence-corrected chi connectivity index (χ4v) is 2.16. The molecule has 3 N–H and O–H groups in total. The zero-order valence-electron chi connectivity index (χ0n) is 13.6. The van der Waals surface area contributed by atoms with E-state index in [4.69, 9.17) is 0 Å². The highest BCUT2D eigenvalue weighted by Gasteiger charge is 2.27. The summed E-state index contributed by atoms with van der Waals surface area (Å²) in [4.78, 5) is 23.0. The van der Waals surface area contributed by atoms with Crippen LogP contribution in [0, 0.1) is 11.3 Å². The van der Waals surface area contributed by atoms with Gasteiger partial charge in [-0.25, -0.2) is 0 Å². The van der Waals surface area contributed by atoms with E-state index in [0.29, 0.717) is 32.0 Å². The van der Waals surface area contributed by atoms with Crippen molar-refractivity contribution in [1.82, 2.24) is 16.0 Å². The van der Waals surface area contributed by atoms with Crippen molar-refractivity contribution in [2.75, 3.05) is 26.2 Å². The van der Waals surface area contributed by atoms with Crippen LogP contribution in [0.15, 0.2) is 0 Å². The van der Waals surface area contributed by atoms with Crippen molar-refractivity contribution in [3.63, 3.8) is 0 Å². The SMILES string of the molecule is CCC(=O)NCCNCCNC(=O)C(C)(C)CC(C)C. The summed E-state index contributed by atoms with van der Waals surface area (Å²) in [6.07, 6.45) is 1.40. The fourth-order valence-electron chi connectivity index (χ4n) is 2.16. The lowest BCUT2D eigenvalue weighted by Crippen LogP contribution is -2.41. The molecule has 0 bridgehead atoms. The molecule has 0 aromatic rings. The van der Waals surface area contributed by atoms with Crippen LogP contribution in [-0.4, -0.2) is 38.0 Å². The van der Waals surface area contributed by atoms with Crippen molar-refractivity contribution >= 4 is 11.8 Å². The van der Waals surface area contributed by atoms with Crippen molar-refractivity contribution in [3.05, 3.63) is 0 Å². The number of carbonyl (C=O) groups is 2. The number of hydrogen-bond donors (Lipinski definition) is 3. The van der Waals surface area contributed by atoms with Gasteiger partial charge in [0.1, 0.15) is 0 Å². The Balaban J connectivity index is 3.64. The van der Waals surface area contributed by atoms with E-state index in [1.807, 2.05) is 20.8 Å². The third-order valence-corrected chi connectivity index (χ3v) is 3.07. The predicted molar refractivity (Wildman–Crippen MR) is 82.4 cm³/mol. The van der Waals surface area contributed by atoms with Gasteiger partial charge in [-0.15, -0.1) is 0 Å². The smallest absolute Gasteiger partial charge is 0.225 e. The number of nitrogens with one attached hydrogen (secondary N) is 3. The Labute approximate surface area is 123 Å². The van der Waals surface area contributed by atoms with Gasteiger partial charge in [0.15, 0.2) is 0 Å². The summed E-state index contributed by atoms with van der Waals surface area (Å²) in [5.74, 6) is 0.680. The van der Waals surface area contributed by atoms with Crippen LogP contribution < -0.4 is 16.0 Å². The second-order valence-electron chi connectivity index (χ2n) is 6.19. The molecule has 2 amide bonds. The molecule has 0 unspecified atom stereocenters. The minimum Gasteiger partial charge on any atom is -0.355 e. The average Bonchev–Trinajstić information content (AvgIpc) is 2.35. The fraction of sp³-hybridized carbons (Fsp3) is 0.867. The first kappa shape index (κ1) is 18.9. The predicted octanol–water partition coefficient (Wildman–Crippen LogP) is 1.29. The zero-order valence-corrected chi connectivity index (χ0v) is 13.6. The number of amides is 2. The van der Waals surface area contributed by atoms with E-state index in [1.54, 1.807) is 0 Å². The Morgan fingerprint density at radius 3 is 2.05 bits per heavy atom. The number of carbonyl (C=O) groups excluding carboxylic acids is 2. The molecule has 0 aliphatic carbocycles. The highest BCUT2D eigenvalue weighted by Crippen LogP contribution is 2.25. The largest absolute Gasteiger partial charge is 0.355 e. The van der Waals surface area contributed by atoms with Crippen LogP contribution in [0.5, 0.6) is 0 Å². The van der Waals surface area contributed by atoms with E-state index in [2.05, 4.69) is 29.8 Å². The molecule has 0 aromatic heterocycles. The molecule has 0 radical (unpaired) electrons. The highest BCUT2D eigenvalue weighted by atomic mass is 16.2. The summed E-state index contributed by atoms with van der Waals surface area (Å²) in [6.45, 7) is 12.7. The molecule has 0 aliphatic rings. The maximum Gasteiger partial charge on any atom is 0.225 e. The lowest BCUT2D eigenvalue weighted by molar-refractivity contribution is -0.130. The highest BCUT2D eigenvalue weighted by molar-refractivity contribution is 5.81. The summed E-state index contributed by atoms with van der Waals surface area (Å²) in [7, 11) is 0. The molecule has 0 saturated carbocycles. The van der Waals surface area contributed by atoms with Gasteiger partial charge in [-0.1, -0.05) is 34.6 Å². The van der Waals surface area contributed by atoms with Crippen LogP contribution in [0.1, 0.15) is 47.5 Å². The summed E-state index contributed by atoms with van der Waals surface area (Å²) in [5.41, 5.74) is -0.316. The molecule has 118 valence electrons. The lowest BCUT2D eigenvalue weighted by Gasteiger charge is -2.25. The van der Waals surface area contributed by atoms with E-state index >= 15 is 0 Å². The number of hydrogen-bond acceptors (Lipinski definition) is 3. The Morgan fingerprint density at radius 1 is 1.00 bits per heavy atom. The Bertz CT molecular complexity index is 301. The molecular formula is C15H31N3O2. The zero-order chi connectivity index (χ0) is 15.6. The van der Waals surface area contributed by atoms with Gasteiger partial charge in [-0.05, 0) is 12.3 Å². The maximum atomic E-state index is 12.0. The standard InChI is InChI=1S/C15H31N3O2/c1-6-13(19)17-9-7-16-8-10-18-14(20)15(4,5)11-12(2)3/h12,16H,6-11H2,1-5H3,(H,17,19)(H,18,20). The normalized spacial score (nSPS) is 11.5. The monoisotopic (exact) mass is 285 g/mol. The first-order chi connectivity index (χ1) is 9.29. The molecule has 0 aromatic carbocycles. The summed E-state index contributed by atoms with van der Waals surface area (Å²) < 4.78 is 0. The third-order valence-electron chi connectivity index (χ3n) is 3.07. The minimum absolute atomic E-state index is 0.0653. The molecule has 0 aliphatic heterocycles. The molecule has 0 spiro atoms. The van der Waals surface area contributed by atoms with Gasteiger partial charge < -0.3 is 16.0 Å². The van der Waals surface area contributed by atoms with Crippen molar-refractivity contribution in [2.24, 2.45) is 11.3 Å². The first-order valence-corrected chi connectivity index (χ1v) is 7.55. The minimum atomic E-state index is -0.316. The van der Waals surface area contributed by atoms with E-state index in [-0.39, 0.29) is 17.2 Å². The van der Waals surface area contributed by atoms with E-state index in [9.17, 15) is 9.59 Å². The third kappa shape index (κ3) is 8.91. The maximum absolute atomic E-state index is 12.0. The summed E-state index contributed by atoms with van der Waals surface area (Å²) in [6, 6.07) is 0. The van der Waals surface area contributed by atoms with Crippen LogP contribution in [0.4, 0.5) is 0 Å². The van der Waals surface area contributed by atoms with Gasteiger partial charge in [0.05, 0.1) is 0 Å². The van der Waals surface area contributed by atoms with Crippen molar-refractivity contribution in [3.8, 4) is 0 Å². The molecular weight excluding hydrogens is 254 g/mol. The van der Waals surface area contributed by atoms with Crippen LogP contribution in [0.25, 0.3) is 0 Å². The Hall–Kier alpha value is -1.10. The molecule has 0 fully saturated rings. The molecule has 0 rings (SSSR count). The molecule has 0 atom stereocenters. The van der Waals surface area contributed by atoms with E-state index < -0.39 is 0 Å². The second-order valence-corrected chi connectivity index (χ2v) is 6.19. The topological polar surface area (TPSA) is 70.2 Å². The Kier molecular flexibility index (Phi) is 9.21. The quantitative estimate of drug-likeness (QED) is 0.530. The van der Waals surface area contributed by atoms with Crippen LogP contribution in [0.3, 0.4) is 0 Å². The van der Waals surface area contributed by atoms with Crippen LogP contribution in [0.2, 0.25) is 0 Å². The second kappa shape index (κ2) is 9.75. The van der Waals surface area contributed by atoms with Gasteiger partial charge in [0.2, 0.25) is 11.8 Å². The van der Waals surface area contributed by atoms with Crippen molar-refractivity contribution in [2.45, 2.75) is 47.5 Å². The van der Waals surface area contributed by atoms with Gasteiger partial charge in [-0.2, -0.15) is 0 Å². The molecule has 0 heterocycles. The van der Waals surface area contributed by atoms with Crippen molar-refractivity contribution < 1.29 is 9.59 Å².